The van der Waals surface area contributed by atoms with Crippen LogP contribution in [0.5, 0.6) is 5.75 Å². The van der Waals surface area contributed by atoms with E-state index in [1.807, 2.05) is 30.3 Å². The minimum atomic E-state index is 0.525. The molecule has 1 atom stereocenters. The van der Waals surface area contributed by atoms with E-state index in [2.05, 4.69) is 43.4 Å². The number of hydrogen-bond acceptors (Lipinski definition) is 2. The first-order valence-electron chi connectivity index (χ1n) is 7.27. The number of rotatable bonds is 7. The maximum absolute atomic E-state index is 5.95. The first-order valence-corrected chi connectivity index (χ1v) is 7.27. The van der Waals surface area contributed by atoms with Gasteiger partial charge in [0.05, 0.1) is 0 Å². The molecule has 0 spiro atoms. The molecule has 0 unspecified atom stereocenters. The summed E-state index contributed by atoms with van der Waals surface area (Å²) in [6.45, 7) is 5.85. The SMILES string of the molecule is CC[C@H](C)NCc1ccccc1OCc1ccccc1. The summed E-state index contributed by atoms with van der Waals surface area (Å²) in [6.07, 6.45) is 1.13. The average molecular weight is 269 g/mol. The number of ether oxygens (including phenoxy) is 1. The van der Waals surface area contributed by atoms with Crippen molar-refractivity contribution in [3.8, 4) is 5.75 Å². The van der Waals surface area contributed by atoms with E-state index in [0.29, 0.717) is 12.6 Å². The van der Waals surface area contributed by atoms with E-state index in [4.69, 9.17) is 4.74 Å². The third-order valence-electron chi connectivity index (χ3n) is 3.46. The Morgan fingerprint density at radius 1 is 1.00 bits per heavy atom. The van der Waals surface area contributed by atoms with Gasteiger partial charge in [0.15, 0.2) is 0 Å². The minimum absolute atomic E-state index is 0.525. The molecule has 2 nitrogen and oxygen atoms in total. The molecule has 0 heterocycles. The molecule has 0 saturated carbocycles. The molecule has 0 aliphatic rings. The van der Waals surface area contributed by atoms with Gasteiger partial charge in [-0.25, -0.2) is 0 Å². The first kappa shape index (κ1) is 14.6. The monoisotopic (exact) mass is 269 g/mol. The van der Waals surface area contributed by atoms with Gasteiger partial charge in [-0.3, -0.25) is 0 Å². The number of benzene rings is 2. The third kappa shape index (κ3) is 4.39. The highest BCUT2D eigenvalue weighted by Crippen LogP contribution is 2.19. The van der Waals surface area contributed by atoms with E-state index >= 15 is 0 Å². The fraction of sp³-hybridized carbons (Fsp3) is 0.333. The second-order valence-corrected chi connectivity index (χ2v) is 5.07. The standard InChI is InChI=1S/C18H23NO/c1-3-15(2)19-13-17-11-7-8-12-18(17)20-14-16-9-5-4-6-10-16/h4-12,15,19H,3,13-14H2,1-2H3/t15-/m0/s1. The van der Waals surface area contributed by atoms with E-state index in [9.17, 15) is 0 Å². The molecule has 0 amide bonds. The van der Waals surface area contributed by atoms with E-state index in [1.54, 1.807) is 0 Å². The van der Waals surface area contributed by atoms with Crippen LogP contribution in [0.15, 0.2) is 54.6 Å². The van der Waals surface area contributed by atoms with Crippen molar-refractivity contribution in [2.75, 3.05) is 0 Å². The molecule has 0 saturated heterocycles. The highest BCUT2D eigenvalue weighted by atomic mass is 16.5. The van der Waals surface area contributed by atoms with Crippen molar-refractivity contribution < 1.29 is 4.74 Å². The normalized spacial score (nSPS) is 12.1. The summed E-state index contributed by atoms with van der Waals surface area (Å²) in [4.78, 5) is 0. The van der Waals surface area contributed by atoms with Crippen molar-refractivity contribution in [2.45, 2.75) is 39.5 Å². The van der Waals surface area contributed by atoms with Crippen LogP contribution in [0.2, 0.25) is 0 Å². The van der Waals surface area contributed by atoms with Gasteiger partial charge in [0.25, 0.3) is 0 Å². The van der Waals surface area contributed by atoms with Crippen molar-refractivity contribution in [1.29, 1.82) is 0 Å². The molecule has 0 aromatic heterocycles. The Hall–Kier alpha value is -1.80. The Balaban J connectivity index is 1.97. The molecular formula is C18H23NO. The lowest BCUT2D eigenvalue weighted by Gasteiger charge is -2.15. The van der Waals surface area contributed by atoms with Crippen LogP contribution < -0.4 is 10.1 Å². The minimum Gasteiger partial charge on any atom is -0.489 e. The number of hydrogen-bond donors (Lipinski definition) is 1. The van der Waals surface area contributed by atoms with Gasteiger partial charge in [-0.05, 0) is 25.0 Å². The Morgan fingerprint density at radius 2 is 1.70 bits per heavy atom. The Bertz CT molecular complexity index is 510. The summed E-state index contributed by atoms with van der Waals surface area (Å²) in [5.74, 6) is 0.965. The van der Waals surface area contributed by atoms with Gasteiger partial charge in [0.2, 0.25) is 0 Å². The van der Waals surface area contributed by atoms with Gasteiger partial charge >= 0.3 is 0 Å². The first-order chi connectivity index (χ1) is 9.79. The van der Waals surface area contributed by atoms with E-state index < -0.39 is 0 Å². The summed E-state index contributed by atoms with van der Waals surface area (Å²) < 4.78 is 5.95. The topological polar surface area (TPSA) is 21.3 Å². The second-order valence-electron chi connectivity index (χ2n) is 5.07. The van der Waals surface area contributed by atoms with Crippen LogP contribution in [-0.4, -0.2) is 6.04 Å². The van der Waals surface area contributed by atoms with Crippen LogP contribution in [0.1, 0.15) is 31.4 Å². The molecule has 0 aliphatic carbocycles. The van der Waals surface area contributed by atoms with Crippen LogP contribution in [0.4, 0.5) is 0 Å². The zero-order valence-electron chi connectivity index (χ0n) is 12.3. The van der Waals surface area contributed by atoms with E-state index in [-0.39, 0.29) is 0 Å². The van der Waals surface area contributed by atoms with Crippen LogP contribution in [0, 0.1) is 0 Å². The maximum atomic E-state index is 5.95. The Kier molecular flexibility index (Phi) is 5.63. The molecule has 20 heavy (non-hydrogen) atoms. The summed E-state index contributed by atoms with van der Waals surface area (Å²) in [7, 11) is 0. The van der Waals surface area contributed by atoms with Gasteiger partial charge in [0.1, 0.15) is 12.4 Å². The molecule has 0 fully saturated rings. The lowest BCUT2D eigenvalue weighted by molar-refractivity contribution is 0.301. The molecular weight excluding hydrogens is 246 g/mol. The van der Waals surface area contributed by atoms with Gasteiger partial charge in [-0.15, -0.1) is 0 Å². The second kappa shape index (κ2) is 7.71. The molecule has 2 rings (SSSR count). The Labute approximate surface area is 121 Å². The fourth-order valence-corrected chi connectivity index (χ4v) is 1.95. The van der Waals surface area contributed by atoms with Crippen molar-refractivity contribution in [2.24, 2.45) is 0 Å². The van der Waals surface area contributed by atoms with Crippen LogP contribution in [0.25, 0.3) is 0 Å². The van der Waals surface area contributed by atoms with E-state index in [0.717, 1.165) is 18.7 Å². The zero-order chi connectivity index (χ0) is 14.2. The fourth-order valence-electron chi connectivity index (χ4n) is 1.95. The van der Waals surface area contributed by atoms with Crippen molar-refractivity contribution in [3.63, 3.8) is 0 Å². The summed E-state index contributed by atoms with van der Waals surface area (Å²) in [5.41, 5.74) is 2.40. The number of para-hydroxylation sites is 1. The molecule has 0 aliphatic heterocycles. The molecule has 106 valence electrons. The van der Waals surface area contributed by atoms with Crippen LogP contribution >= 0.6 is 0 Å². The van der Waals surface area contributed by atoms with Crippen molar-refractivity contribution in [3.05, 3.63) is 65.7 Å². The van der Waals surface area contributed by atoms with Gasteiger partial charge in [-0.1, -0.05) is 55.5 Å². The molecule has 2 aromatic rings. The smallest absolute Gasteiger partial charge is 0.124 e. The highest BCUT2D eigenvalue weighted by Gasteiger charge is 2.05. The van der Waals surface area contributed by atoms with Gasteiger partial charge in [-0.2, -0.15) is 0 Å². The Morgan fingerprint density at radius 3 is 2.45 bits per heavy atom. The molecule has 0 bridgehead atoms. The molecule has 0 radical (unpaired) electrons. The largest absolute Gasteiger partial charge is 0.489 e. The summed E-state index contributed by atoms with van der Waals surface area (Å²) in [5, 5.41) is 3.51. The lowest BCUT2D eigenvalue weighted by Crippen LogP contribution is -2.24. The third-order valence-corrected chi connectivity index (χ3v) is 3.46. The molecule has 2 aromatic carbocycles. The van der Waals surface area contributed by atoms with E-state index in [1.165, 1.54) is 11.1 Å². The quantitative estimate of drug-likeness (QED) is 0.815. The molecule has 1 N–H and O–H groups in total. The average Bonchev–Trinajstić information content (AvgIpc) is 2.52. The molecule has 2 heteroatoms. The number of nitrogens with one attached hydrogen (secondary N) is 1. The highest BCUT2D eigenvalue weighted by molar-refractivity contribution is 5.33. The summed E-state index contributed by atoms with van der Waals surface area (Å²) in [6, 6.07) is 19.0. The lowest BCUT2D eigenvalue weighted by atomic mass is 10.1. The van der Waals surface area contributed by atoms with Crippen LogP contribution in [0.3, 0.4) is 0 Å². The predicted molar refractivity (Wildman–Crippen MR) is 83.8 cm³/mol. The van der Waals surface area contributed by atoms with Crippen molar-refractivity contribution in [1.82, 2.24) is 5.32 Å². The van der Waals surface area contributed by atoms with Gasteiger partial charge in [0, 0.05) is 18.2 Å². The van der Waals surface area contributed by atoms with Crippen LogP contribution in [-0.2, 0) is 13.2 Å². The predicted octanol–water partition coefficient (Wildman–Crippen LogP) is 4.15. The summed E-state index contributed by atoms with van der Waals surface area (Å²) >= 11 is 0. The van der Waals surface area contributed by atoms with Gasteiger partial charge < -0.3 is 10.1 Å². The van der Waals surface area contributed by atoms with Crippen molar-refractivity contribution >= 4 is 0 Å². The maximum Gasteiger partial charge on any atom is 0.124 e. The zero-order valence-corrected chi connectivity index (χ0v) is 12.3.